The molecule has 4 heteroatoms. The zero-order valence-electron chi connectivity index (χ0n) is 12.2. The molecule has 1 aromatic carbocycles. The Morgan fingerprint density at radius 3 is 2.67 bits per heavy atom. The van der Waals surface area contributed by atoms with Gasteiger partial charge in [-0.25, -0.2) is 4.79 Å². The molecule has 2 aliphatic rings. The molecule has 2 amide bonds. The molecule has 2 aliphatic carbocycles. The molecule has 2 N–H and O–H groups in total. The van der Waals surface area contributed by atoms with Crippen molar-refractivity contribution in [2.24, 2.45) is 5.41 Å². The Morgan fingerprint density at radius 1 is 1.29 bits per heavy atom. The molecule has 1 spiro atoms. The smallest absolute Gasteiger partial charge is 0.319 e. The van der Waals surface area contributed by atoms with E-state index in [2.05, 4.69) is 22.8 Å². The van der Waals surface area contributed by atoms with Crippen LogP contribution in [-0.2, 0) is 6.42 Å². The number of amides is 2. The maximum atomic E-state index is 11.8. The maximum Gasteiger partial charge on any atom is 0.319 e. The SMILES string of the molecule is CNC(=O)NC1=C(C#N)C2(CCCC2)Cc2ccccc21. The lowest BCUT2D eigenvalue weighted by Gasteiger charge is -2.36. The first kappa shape index (κ1) is 13.7. The summed E-state index contributed by atoms with van der Waals surface area (Å²) >= 11 is 0. The van der Waals surface area contributed by atoms with Gasteiger partial charge in [0.1, 0.15) is 0 Å². The van der Waals surface area contributed by atoms with Crippen LogP contribution in [0.3, 0.4) is 0 Å². The van der Waals surface area contributed by atoms with Gasteiger partial charge >= 0.3 is 6.03 Å². The van der Waals surface area contributed by atoms with E-state index in [4.69, 9.17) is 0 Å². The van der Waals surface area contributed by atoms with Crippen molar-refractivity contribution in [3.63, 3.8) is 0 Å². The first-order valence-corrected chi connectivity index (χ1v) is 7.42. The molecule has 108 valence electrons. The Labute approximate surface area is 124 Å². The van der Waals surface area contributed by atoms with Crippen molar-refractivity contribution < 1.29 is 4.79 Å². The largest absolute Gasteiger partial charge is 0.341 e. The maximum absolute atomic E-state index is 11.8. The van der Waals surface area contributed by atoms with Crippen molar-refractivity contribution in [3.05, 3.63) is 41.0 Å². The van der Waals surface area contributed by atoms with Crippen LogP contribution < -0.4 is 10.6 Å². The Kier molecular flexibility index (Phi) is 3.42. The molecule has 0 saturated heterocycles. The number of rotatable bonds is 1. The van der Waals surface area contributed by atoms with Crippen LogP contribution in [0.15, 0.2) is 29.8 Å². The number of carbonyl (C=O) groups is 1. The number of hydrogen-bond donors (Lipinski definition) is 2. The normalized spacial score (nSPS) is 19.0. The number of nitriles is 1. The molecule has 1 fully saturated rings. The number of allylic oxidation sites excluding steroid dienone is 1. The molecule has 0 heterocycles. The number of benzene rings is 1. The zero-order chi connectivity index (χ0) is 14.9. The lowest BCUT2D eigenvalue weighted by Crippen LogP contribution is -2.37. The van der Waals surface area contributed by atoms with Crippen LogP contribution in [0.2, 0.25) is 0 Å². The Bertz CT molecular complexity index is 648. The molecule has 1 saturated carbocycles. The van der Waals surface area contributed by atoms with E-state index in [1.165, 1.54) is 5.56 Å². The molecule has 3 rings (SSSR count). The van der Waals surface area contributed by atoms with Gasteiger partial charge in [0.25, 0.3) is 0 Å². The van der Waals surface area contributed by atoms with E-state index in [0.717, 1.165) is 43.2 Å². The highest BCUT2D eigenvalue weighted by atomic mass is 16.2. The van der Waals surface area contributed by atoms with Gasteiger partial charge in [0.2, 0.25) is 0 Å². The highest BCUT2D eigenvalue weighted by molar-refractivity contribution is 5.89. The molecule has 0 atom stereocenters. The summed E-state index contributed by atoms with van der Waals surface area (Å²) in [5.41, 5.74) is 3.57. The second-order valence-corrected chi connectivity index (χ2v) is 5.89. The average Bonchev–Trinajstić information content (AvgIpc) is 2.96. The van der Waals surface area contributed by atoms with Crippen LogP contribution in [0.5, 0.6) is 0 Å². The number of fused-ring (bicyclic) bond motifs is 1. The third-order valence-electron chi connectivity index (χ3n) is 4.73. The number of hydrogen-bond acceptors (Lipinski definition) is 2. The standard InChI is InChI=1S/C17H19N3O/c1-19-16(21)20-15-13-7-3-2-6-12(13)10-17(14(15)11-18)8-4-5-9-17/h2-3,6-7H,4-5,8-10H2,1H3,(H2,19,20,21). The van der Waals surface area contributed by atoms with E-state index in [-0.39, 0.29) is 11.4 Å². The number of carbonyl (C=O) groups excluding carboxylic acids is 1. The van der Waals surface area contributed by atoms with Gasteiger partial charge in [-0.1, -0.05) is 37.1 Å². The van der Waals surface area contributed by atoms with Gasteiger partial charge in [-0.05, 0) is 24.8 Å². The van der Waals surface area contributed by atoms with Gasteiger partial charge in [0.15, 0.2) is 0 Å². The quantitative estimate of drug-likeness (QED) is 0.831. The highest BCUT2D eigenvalue weighted by Gasteiger charge is 2.43. The van der Waals surface area contributed by atoms with Gasteiger partial charge in [0, 0.05) is 18.0 Å². The summed E-state index contributed by atoms with van der Waals surface area (Å²) in [5.74, 6) is 0. The van der Waals surface area contributed by atoms with Crippen LogP contribution in [0.1, 0.15) is 36.8 Å². The topological polar surface area (TPSA) is 64.9 Å². The highest BCUT2D eigenvalue weighted by Crippen LogP contribution is 2.51. The minimum atomic E-state index is -0.275. The first-order valence-electron chi connectivity index (χ1n) is 7.42. The van der Waals surface area contributed by atoms with Crippen LogP contribution in [0.25, 0.3) is 5.70 Å². The van der Waals surface area contributed by atoms with Crippen LogP contribution >= 0.6 is 0 Å². The van der Waals surface area contributed by atoms with E-state index in [0.29, 0.717) is 5.70 Å². The molecule has 0 radical (unpaired) electrons. The molecule has 0 aromatic heterocycles. The lowest BCUT2D eigenvalue weighted by molar-refractivity contribution is 0.246. The summed E-state index contributed by atoms with van der Waals surface area (Å²) < 4.78 is 0. The van der Waals surface area contributed by atoms with Crippen LogP contribution in [0, 0.1) is 16.7 Å². The van der Waals surface area contributed by atoms with Crippen molar-refractivity contribution >= 4 is 11.7 Å². The zero-order valence-corrected chi connectivity index (χ0v) is 12.2. The predicted octanol–water partition coefficient (Wildman–Crippen LogP) is 2.97. The Morgan fingerprint density at radius 2 is 2.00 bits per heavy atom. The first-order chi connectivity index (χ1) is 10.2. The molecule has 0 unspecified atom stereocenters. The summed E-state index contributed by atoms with van der Waals surface area (Å²) in [6, 6.07) is 10.2. The third-order valence-corrected chi connectivity index (χ3v) is 4.73. The molecule has 4 nitrogen and oxygen atoms in total. The monoisotopic (exact) mass is 281 g/mol. The summed E-state index contributed by atoms with van der Waals surface area (Å²) in [4.78, 5) is 11.8. The second-order valence-electron chi connectivity index (χ2n) is 5.89. The van der Waals surface area contributed by atoms with Crippen molar-refractivity contribution in [2.75, 3.05) is 7.05 Å². The van der Waals surface area contributed by atoms with Crippen LogP contribution in [-0.4, -0.2) is 13.1 Å². The minimum absolute atomic E-state index is 0.0839. The fourth-order valence-electron chi connectivity index (χ4n) is 3.73. The lowest BCUT2D eigenvalue weighted by atomic mass is 9.68. The predicted molar refractivity (Wildman–Crippen MR) is 81.2 cm³/mol. The van der Waals surface area contributed by atoms with Gasteiger partial charge < -0.3 is 10.6 Å². The van der Waals surface area contributed by atoms with Crippen LogP contribution in [0.4, 0.5) is 4.79 Å². The molecule has 1 aromatic rings. The van der Waals surface area contributed by atoms with E-state index in [9.17, 15) is 10.1 Å². The molecule has 21 heavy (non-hydrogen) atoms. The van der Waals surface area contributed by atoms with Gasteiger partial charge in [0.05, 0.1) is 17.3 Å². The van der Waals surface area contributed by atoms with Crippen molar-refractivity contribution in [3.8, 4) is 6.07 Å². The number of urea groups is 1. The Balaban J connectivity index is 2.17. The van der Waals surface area contributed by atoms with Crippen molar-refractivity contribution in [2.45, 2.75) is 32.1 Å². The summed E-state index contributed by atoms with van der Waals surface area (Å²) in [6.07, 6.45) is 5.28. The summed E-state index contributed by atoms with van der Waals surface area (Å²) in [5, 5.41) is 15.2. The second kappa shape index (κ2) is 5.25. The average molecular weight is 281 g/mol. The van der Waals surface area contributed by atoms with E-state index in [1.54, 1.807) is 7.05 Å². The van der Waals surface area contributed by atoms with Gasteiger partial charge in [-0.15, -0.1) is 0 Å². The minimum Gasteiger partial charge on any atom is -0.341 e. The molecule has 0 aliphatic heterocycles. The molecular formula is C17H19N3O. The van der Waals surface area contributed by atoms with E-state index < -0.39 is 0 Å². The fraction of sp³-hybridized carbons (Fsp3) is 0.412. The summed E-state index contributed by atoms with van der Waals surface area (Å²) in [6.45, 7) is 0. The number of nitrogens with one attached hydrogen (secondary N) is 2. The summed E-state index contributed by atoms with van der Waals surface area (Å²) in [7, 11) is 1.59. The van der Waals surface area contributed by atoms with E-state index >= 15 is 0 Å². The van der Waals surface area contributed by atoms with E-state index in [1.807, 2.05) is 18.2 Å². The van der Waals surface area contributed by atoms with Crippen molar-refractivity contribution in [1.82, 2.24) is 10.6 Å². The fourth-order valence-corrected chi connectivity index (χ4v) is 3.73. The van der Waals surface area contributed by atoms with Crippen molar-refractivity contribution in [1.29, 1.82) is 5.26 Å². The number of nitrogens with zero attached hydrogens (tertiary/aromatic N) is 1. The molecular weight excluding hydrogens is 262 g/mol. The van der Waals surface area contributed by atoms with Gasteiger partial charge in [-0.3, -0.25) is 0 Å². The Hall–Kier alpha value is -2.28. The van der Waals surface area contributed by atoms with Gasteiger partial charge in [-0.2, -0.15) is 5.26 Å². The molecule has 0 bridgehead atoms. The third kappa shape index (κ3) is 2.19.